The van der Waals surface area contributed by atoms with Gasteiger partial charge in [0, 0.05) is 30.3 Å². The maximum Gasteiger partial charge on any atom is 0.115 e. The molecule has 0 aliphatic carbocycles. The average Bonchev–Trinajstić information content (AvgIpc) is 2.69. The molecule has 0 unspecified atom stereocenters. The molecule has 0 aromatic carbocycles. The van der Waals surface area contributed by atoms with Gasteiger partial charge in [-0.05, 0) is 24.3 Å². The van der Waals surface area contributed by atoms with Gasteiger partial charge in [0.15, 0.2) is 0 Å². The number of fused-ring (bicyclic) bond motifs is 1. The van der Waals surface area contributed by atoms with E-state index >= 15 is 0 Å². The van der Waals surface area contributed by atoms with Crippen LogP contribution in [0.15, 0.2) is 24.4 Å². The Labute approximate surface area is 98.9 Å². The first kappa shape index (κ1) is 9.90. The Kier molecular flexibility index (Phi) is 2.44. The van der Waals surface area contributed by atoms with Crippen LogP contribution in [0.5, 0.6) is 0 Å². The van der Waals surface area contributed by atoms with E-state index in [1.807, 2.05) is 47.9 Å². The SMILES string of the molecule is Cn1nc(-c2ccccn2)c2c1CCSC2. The normalized spacial score (nSPS) is 14.8. The molecule has 3 rings (SSSR count). The Balaban J connectivity index is 2.15. The summed E-state index contributed by atoms with van der Waals surface area (Å²) in [5, 5.41) is 4.60. The Morgan fingerprint density at radius 1 is 1.38 bits per heavy atom. The number of rotatable bonds is 1. The van der Waals surface area contributed by atoms with Crippen molar-refractivity contribution < 1.29 is 0 Å². The van der Waals surface area contributed by atoms with E-state index < -0.39 is 0 Å². The fourth-order valence-corrected chi connectivity index (χ4v) is 3.11. The lowest BCUT2D eigenvalue weighted by Crippen LogP contribution is -2.05. The van der Waals surface area contributed by atoms with Gasteiger partial charge >= 0.3 is 0 Å². The van der Waals surface area contributed by atoms with E-state index in [0.29, 0.717) is 0 Å². The van der Waals surface area contributed by atoms with Gasteiger partial charge in [0.2, 0.25) is 0 Å². The molecule has 1 aliphatic rings. The molecule has 82 valence electrons. The number of aromatic nitrogens is 3. The minimum Gasteiger partial charge on any atom is -0.272 e. The van der Waals surface area contributed by atoms with Crippen LogP contribution in [0.4, 0.5) is 0 Å². The van der Waals surface area contributed by atoms with Gasteiger partial charge < -0.3 is 0 Å². The zero-order valence-corrected chi connectivity index (χ0v) is 10.00. The van der Waals surface area contributed by atoms with Crippen LogP contribution in [0, 0.1) is 0 Å². The monoisotopic (exact) mass is 231 g/mol. The van der Waals surface area contributed by atoms with E-state index in [1.165, 1.54) is 17.0 Å². The summed E-state index contributed by atoms with van der Waals surface area (Å²) in [7, 11) is 2.03. The molecule has 1 aliphatic heterocycles. The lowest BCUT2D eigenvalue weighted by Gasteiger charge is -2.12. The van der Waals surface area contributed by atoms with E-state index in [9.17, 15) is 0 Å². The molecule has 0 bridgehead atoms. The molecule has 0 saturated heterocycles. The number of hydrogen-bond donors (Lipinski definition) is 0. The molecule has 0 saturated carbocycles. The quantitative estimate of drug-likeness (QED) is 0.754. The van der Waals surface area contributed by atoms with Crippen LogP contribution < -0.4 is 0 Å². The molecule has 0 fully saturated rings. The average molecular weight is 231 g/mol. The fraction of sp³-hybridized carbons (Fsp3) is 0.333. The van der Waals surface area contributed by atoms with E-state index in [-0.39, 0.29) is 0 Å². The summed E-state index contributed by atoms with van der Waals surface area (Å²) in [6, 6.07) is 5.98. The van der Waals surface area contributed by atoms with E-state index in [4.69, 9.17) is 0 Å². The van der Waals surface area contributed by atoms with Crippen molar-refractivity contribution in [2.75, 3.05) is 5.75 Å². The van der Waals surface area contributed by atoms with Crippen molar-refractivity contribution in [1.82, 2.24) is 14.8 Å². The predicted molar refractivity (Wildman–Crippen MR) is 66.3 cm³/mol. The van der Waals surface area contributed by atoms with Gasteiger partial charge in [-0.3, -0.25) is 9.67 Å². The van der Waals surface area contributed by atoms with E-state index in [1.54, 1.807) is 0 Å². The summed E-state index contributed by atoms with van der Waals surface area (Å²) in [6.45, 7) is 0. The van der Waals surface area contributed by atoms with Crippen molar-refractivity contribution in [3.63, 3.8) is 0 Å². The largest absolute Gasteiger partial charge is 0.272 e. The Morgan fingerprint density at radius 2 is 2.31 bits per heavy atom. The highest BCUT2D eigenvalue weighted by Gasteiger charge is 2.20. The predicted octanol–water partition coefficient (Wildman–Crippen LogP) is 2.27. The van der Waals surface area contributed by atoms with Crippen molar-refractivity contribution in [3.8, 4) is 11.4 Å². The fourth-order valence-electron chi connectivity index (χ4n) is 2.12. The molecular formula is C12H13N3S. The van der Waals surface area contributed by atoms with Crippen molar-refractivity contribution in [2.24, 2.45) is 7.05 Å². The Morgan fingerprint density at radius 3 is 3.12 bits per heavy atom. The second kappa shape index (κ2) is 3.94. The third kappa shape index (κ3) is 1.53. The third-order valence-corrected chi connectivity index (χ3v) is 3.90. The summed E-state index contributed by atoms with van der Waals surface area (Å²) in [4.78, 5) is 4.39. The molecule has 3 nitrogen and oxygen atoms in total. The molecule has 4 heteroatoms. The lowest BCUT2D eigenvalue weighted by molar-refractivity contribution is 0.717. The highest BCUT2D eigenvalue weighted by atomic mass is 32.2. The first-order valence-electron chi connectivity index (χ1n) is 5.40. The first-order valence-corrected chi connectivity index (χ1v) is 6.55. The molecule has 0 spiro atoms. The summed E-state index contributed by atoms with van der Waals surface area (Å²) in [5.74, 6) is 2.27. The Hall–Kier alpha value is -1.29. The number of hydrogen-bond acceptors (Lipinski definition) is 3. The van der Waals surface area contributed by atoms with E-state index in [2.05, 4.69) is 10.1 Å². The highest BCUT2D eigenvalue weighted by molar-refractivity contribution is 7.98. The van der Waals surface area contributed by atoms with Gasteiger partial charge in [0.25, 0.3) is 0 Å². The van der Waals surface area contributed by atoms with Crippen molar-refractivity contribution in [1.29, 1.82) is 0 Å². The molecular weight excluding hydrogens is 218 g/mol. The first-order chi connectivity index (χ1) is 7.86. The van der Waals surface area contributed by atoms with Crippen LogP contribution >= 0.6 is 11.8 Å². The zero-order valence-electron chi connectivity index (χ0n) is 9.18. The number of thioether (sulfide) groups is 1. The van der Waals surface area contributed by atoms with Crippen LogP contribution in [0.2, 0.25) is 0 Å². The standard InChI is InChI=1S/C12H13N3S/c1-15-11-5-7-16-8-9(11)12(14-15)10-4-2-3-6-13-10/h2-4,6H,5,7-8H2,1H3. The van der Waals surface area contributed by atoms with Gasteiger partial charge in [0.1, 0.15) is 5.69 Å². The van der Waals surface area contributed by atoms with Crippen LogP contribution in [0.1, 0.15) is 11.3 Å². The second-order valence-corrected chi connectivity index (χ2v) is 5.02. The molecule has 16 heavy (non-hydrogen) atoms. The summed E-state index contributed by atoms with van der Waals surface area (Å²) >= 11 is 1.98. The van der Waals surface area contributed by atoms with Crippen molar-refractivity contribution in [2.45, 2.75) is 12.2 Å². The van der Waals surface area contributed by atoms with Crippen LogP contribution in [0.25, 0.3) is 11.4 Å². The minimum absolute atomic E-state index is 0.988. The minimum atomic E-state index is 0.988. The maximum atomic E-state index is 4.60. The topological polar surface area (TPSA) is 30.7 Å². The summed E-state index contributed by atoms with van der Waals surface area (Å²) < 4.78 is 2.01. The molecule has 2 aromatic heterocycles. The van der Waals surface area contributed by atoms with Crippen LogP contribution in [-0.2, 0) is 19.2 Å². The van der Waals surface area contributed by atoms with Crippen molar-refractivity contribution in [3.05, 3.63) is 35.7 Å². The number of nitrogens with zero attached hydrogens (tertiary/aromatic N) is 3. The van der Waals surface area contributed by atoms with Crippen LogP contribution in [0.3, 0.4) is 0 Å². The Bertz CT molecular complexity index is 504. The zero-order chi connectivity index (χ0) is 11.0. The summed E-state index contributed by atoms with van der Waals surface area (Å²) in [6.07, 6.45) is 2.95. The molecule has 3 heterocycles. The lowest BCUT2D eigenvalue weighted by atomic mass is 10.1. The van der Waals surface area contributed by atoms with Gasteiger partial charge in [-0.2, -0.15) is 16.9 Å². The summed E-state index contributed by atoms with van der Waals surface area (Å²) in [5.41, 5.74) is 4.80. The molecule has 2 aromatic rings. The highest BCUT2D eigenvalue weighted by Crippen LogP contribution is 2.31. The number of aryl methyl sites for hydroxylation is 1. The van der Waals surface area contributed by atoms with Gasteiger partial charge in [-0.1, -0.05) is 6.07 Å². The maximum absolute atomic E-state index is 4.60. The van der Waals surface area contributed by atoms with E-state index in [0.717, 1.165) is 23.6 Å². The van der Waals surface area contributed by atoms with Gasteiger partial charge in [-0.25, -0.2) is 0 Å². The molecule has 0 amide bonds. The second-order valence-electron chi connectivity index (χ2n) is 3.92. The third-order valence-electron chi connectivity index (χ3n) is 2.91. The molecule has 0 radical (unpaired) electrons. The van der Waals surface area contributed by atoms with Crippen molar-refractivity contribution >= 4 is 11.8 Å². The van der Waals surface area contributed by atoms with Gasteiger partial charge in [-0.15, -0.1) is 0 Å². The smallest absolute Gasteiger partial charge is 0.115 e. The van der Waals surface area contributed by atoms with Crippen LogP contribution in [-0.4, -0.2) is 20.5 Å². The molecule has 0 atom stereocenters. The number of pyridine rings is 1. The van der Waals surface area contributed by atoms with Gasteiger partial charge in [0.05, 0.1) is 5.69 Å². The molecule has 0 N–H and O–H groups in total.